The van der Waals surface area contributed by atoms with Gasteiger partial charge in [-0.1, -0.05) is 17.7 Å². The fraction of sp³-hybridized carbons (Fsp3) is 0.278. The molecule has 1 aliphatic rings. The lowest BCUT2D eigenvalue weighted by Gasteiger charge is -2.31. The van der Waals surface area contributed by atoms with Gasteiger partial charge < -0.3 is 19.7 Å². The van der Waals surface area contributed by atoms with Gasteiger partial charge in [-0.2, -0.15) is 0 Å². The predicted molar refractivity (Wildman–Crippen MR) is 102 cm³/mol. The summed E-state index contributed by atoms with van der Waals surface area (Å²) < 4.78 is 10.3. The van der Waals surface area contributed by atoms with Crippen molar-refractivity contribution in [2.75, 3.05) is 43.6 Å². The molecule has 0 radical (unpaired) electrons. The molecule has 8 nitrogen and oxygen atoms in total. The van der Waals surface area contributed by atoms with Gasteiger partial charge >= 0.3 is 5.69 Å². The molecule has 1 N–H and O–H groups in total. The fourth-order valence-electron chi connectivity index (χ4n) is 2.89. The first kappa shape index (κ1) is 18.9. The molecule has 1 heterocycles. The molecule has 1 amide bonds. The van der Waals surface area contributed by atoms with E-state index in [0.717, 1.165) is 0 Å². The van der Waals surface area contributed by atoms with Crippen molar-refractivity contribution < 1.29 is 19.2 Å². The molecule has 9 heteroatoms. The second-order valence-corrected chi connectivity index (χ2v) is 6.24. The van der Waals surface area contributed by atoms with E-state index < -0.39 is 10.8 Å². The number of hydrogen-bond acceptors (Lipinski definition) is 6. The molecule has 27 heavy (non-hydrogen) atoms. The molecule has 3 rings (SSSR count). The van der Waals surface area contributed by atoms with Gasteiger partial charge in [0.15, 0.2) is 5.75 Å². The Morgan fingerprint density at radius 3 is 2.70 bits per heavy atom. The molecule has 2 aromatic carbocycles. The maximum absolute atomic E-state index is 12.7. The summed E-state index contributed by atoms with van der Waals surface area (Å²) in [5, 5.41) is 14.5. The Bertz CT molecular complexity index is 868. The highest BCUT2D eigenvalue weighted by Gasteiger charge is 2.21. The summed E-state index contributed by atoms with van der Waals surface area (Å²) in [6.07, 6.45) is 0. The summed E-state index contributed by atoms with van der Waals surface area (Å²) in [4.78, 5) is 25.3. The number of amides is 1. The zero-order valence-corrected chi connectivity index (χ0v) is 15.4. The van der Waals surface area contributed by atoms with Gasteiger partial charge in [0, 0.05) is 24.7 Å². The summed E-state index contributed by atoms with van der Waals surface area (Å²) in [5.74, 6) is -0.383. The van der Waals surface area contributed by atoms with E-state index in [0.29, 0.717) is 42.7 Å². The van der Waals surface area contributed by atoms with E-state index in [1.54, 1.807) is 18.2 Å². The first-order valence-electron chi connectivity index (χ1n) is 8.26. The monoisotopic (exact) mass is 391 g/mol. The minimum Gasteiger partial charge on any atom is -0.490 e. The van der Waals surface area contributed by atoms with E-state index in [4.69, 9.17) is 21.1 Å². The average Bonchev–Trinajstić information content (AvgIpc) is 2.68. The third kappa shape index (κ3) is 4.12. The molecule has 0 aliphatic carbocycles. The molecule has 1 aliphatic heterocycles. The number of halogens is 1. The molecule has 2 aromatic rings. The van der Waals surface area contributed by atoms with Crippen LogP contribution in [0.25, 0.3) is 0 Å². The maximum atomic E-state index is 12.7. The van der Waals surface area contributed by atoms with Crippen LogP contribution in [0.5, 0.6) is 5.75 Å². The number of morpholine rings is 1. The Balaban J connectivity index is 1.89. The average molecular weight is 392 g/mol. The Labute approximate surface area is 160 Å². The number of carbonyl (C=O) groups is 1. The third-order valence-corrected chi connectivity index (χ3v) is 4.51. The summed E-state index contributed by atoms with van der Waals surface area (Å²) >= 11 is 6.36. The second-order valence-electron chi connectivity index (χ2n) is 5.83. The zero-order valence-electron chi connectivity index (χ0n) is 14.6. The van der Waals surface area contributed by atoms with Crippen molar-refractivity contribution in [3.63, 3.8) is 0 Å². The highest BCUT2D eigenvalue weighted by Crippen LogP contribution is 2.35. The molecular weight excluding hydrogens is 374 g/mol. The number of benzene rings is 2. The number of nitro benzene ring substituents is 1. The van der Waals surface area contributed by atoms with Crippen LogP contribution in [0.1, 0.15) is 10.4 Å². The van der Waals surface area contributed by atoms with Crippen molar-refractivity contribution in [1.29, 1.82) is 0 Å². The largest absolute Gasteiger partial charge is 0.490 e. The van der Waals surface area contributed by atoms with Crippen molar-refractivity contribution in [2.24, 2.45) is 0 Å². The molecule has 1 fully saturated rings. The number of rotatable bonds is 5. The molecule has 0 aromatic heterocycles. The van der Waals surface area contributed by atoms with Crippen LogP contribution in [0.4, 0.5) is 17.1 Å². The topological polar surface area (TPSA) is 93.9 Å². The van der Waals surface area contributed by atoms with Crippen LogP contribution in [0.3, 0.4) is 0 Å². The van der Waals surface area contributed by atoms with Crippen LogP contribution in [-0.2, 0) is 4.74 Å². The van der Waals surface area contributed by atoms with Gasteiger partial charge in [-0.3, -0.25) is 14.9 Å². The number of ether oxygens (including phenoxy) is 2. The predicted octanol–water partition coefficient (Wildman–Crippen LogP) is 3.35. The highest BCUT2D eigenvalue weighted by atomic mass is 35.5. The van der Waals surface area contributed by atoms with Gasteiger partial charge in [0.05, 0.1) is 41.6 Å². The Morgan fingerprint density at radius 2 is 2.04 bits per heavy atom. The van der Waals surface area contributed by atoms with E-state index in [2.05, 4.69) is 5.32 Å². The van der Waals surface area contributed by atoms with Gasteiger partial charge in [-0.15, -0.1) is 0 Å². The molecule has 0 saturated carbocycles. The maximum Gasteiger partial charge on any atom is 0.311 e. The van der Waals surface area contributed by atoms with E-state index in [-0.39, 0.29) is 17.0 Å². The number of hydrogen-bond donors (Lipinski definition) is 1. The standard InChI is InChI=1S/C18H18ClN3O5/c1-26-16-6-5-12(11-15(16)22(24)25)18(23)20-14-4-2-3-13(19)17(14)21-7-9-27-10-8-21/h2-6,11H,7-10H2,1H3,(H,20,23). The van der Waals surface area contributed by atoms with E-state index in [1.165, 1.54) is 25.3 Å². The van der Waals surface area contributed by atoms with Gasteiger partial charge in [-0.25, -0.2) is 0 Å². The Hall–Kier alpha value is -2.84. The lowest BCUT2D eigenvalue weighted by Crippen LogP contribution is -2.37. The smallest absolute Gasteiger partial charge is 0.311 e. The molecule has 1 saturated heterocycles. The van der Waals surface area contributed by atoms with Crippen LogP contribution in [0, 0.1) is 10.1 Å². The molecule has 0 spiro atoms. The summed E-state index contributed by atoms with van der Waals surface area (Å²) in [6.45, 7) is 2.45. The normalized spacial score (nSPS) is 13.9. The van der Waals surface area contributed by atoms with Crippen molar-refractivity contribution in [1.82, 2.24) is 0 Å². The van der Waals surface area contributed by atoms with Crippen LogP contribution in [-0.4, -0.2) is 44.2 Å². The minimum absolute atomic E-state index is 0.0910. The Kier molecular flexibility index (Phi) is 5.78. The fourth-order valence-corrected chi connectivity index (χ4v) is 3.19. The zero-order chi connectivity index (χ0) is 19.4. The first-order valence-corrected chi connectivity index (χ1v) is 8.64. The number of nitrogens with one attached hydrogen (secondary N) is 1. The lowest BCUT2D eigenvalue weighted by molar-refractivity contribution is -0.385. The van der Waals surface area contributed by atoms with Crippen LogP contribution < -0.4 is 15.0 Å². The number of anilines is 2. The van der Waals surface area contributed by atoms with E-state index in [1.807, 2.05) is 4.90 Å². The number of carbonyl (C=O) groups excluding carboxylic acids is 1. The highest BCUT2D eigenvalue weighted by molar-refractivity contribution is 6.34. The van der Waals surface area contributed by atoms with E-state index in [9.17, 15) is 14.9 Å². The molecule has 0 unspecified atom stereocenters. The second kappa shape index (κ2) is 8.24. The molecule has 0 atom stereocenters. The lowest BCUT2D eigenvalue weighted by atomic mass is 10.1. The van der Waals surface area contributed by atoms with Crippen molar-refractivity contribution in [3.05, 3.63) is 57.1 Å². The van der Waals surface area contributed by atoms with Gasteiger partial charge in [-0.05, 0) is 24.3 Å². The number of para-hydroxylation sites is 1. The van der Waals surface area contributed by atoms with E-state index >= 15 is 0 Å². The summed E-state index contributed by atoms with van der Waals surface area (Å²) in [5.41, 5.74) is 1.12. The Morgan fingerprint density at radius 1 is 1.30 bits per heavy atom. The quantitative estimate of drug-likeness (QED) is 0.620. The first-order chi connectivity index (χ1) is 13.0. The van der Waals surface area contributed by atoms with Crippen molar-refractivity contribution >= 4 is 34.6 Å². The molecule has 0 bridgehead atoms. The van der Waals surface area contributed by atoms with Gasteiger partial charge in [0.25, 0.3) is 5.91 Å². The molecule has 142 valence electrons. The van der Waals surface area contributed by atoms with Crippen molar-refractivity contribution in [3.8, 4) is 5.75 Å². The number of methoxy groups -OCH3 is 1. The molecular formula is C18H18ClN3O5. The number of nitro groups is 1. The number of nitrogens with zero attached hydrogens (tertiary/aromatic N) is 2. The minimum atomic E-state index is -0.589. The van der Waals surface area contributed by atoms with Crippen LogP contribution >= 0.6 is 11.6 Å². The van der Waals surface area contributed by atoms with Crippen LogP contribution in [0.15, 0.2) is 36.4 Å². The summed E-state index contributed by atoms with van der Waals surface area (Å²) in [6, 6.07) is 9.28. The third-order valence-electron chi connectivity index (χ3n) is 4.20. The van der Waals surface area contributed by atoms with Crippen LogP contribution in [0.2, 0.25) is 5.02 Å². The van der Waals surface area contributed by atoms with Crippen molar-refractivity contribution in [2.45, 2.75) is 0 Å². The SMILES string of the molecule is COc1ccc(C(=O)Nc2cccc(Cl)c2N2CCOCC2)cc1[N+](=O)[O-]. The van der Waals surface area contributed by atoms with Gasteiger partial charge in [0.2, 0.25) is 0 Å². The van der Waals surface area contributed by atoms with Gasteiger partial charge in [0.1, 0.15) is 0 Å². The summed E-state index contributed by atoms with van der Waals surface area (Å²) in [7, 11) is 1.34.